The van der Waals surface area contributed by atoms with Crippen LogP contribution < -0.4 is 9.83 Å². The van der Waals surface area contributed by atoms with E-state index in [9.17, 15) is 18.3 Å². The number of ether oxygens (including phenoxy) is 1. The molecule has 16 heavy (non-hydrogen) atoms. The van der Waals surface area contributed by atoms with E-state index in [0.29, 0.717) is 4.72 Å². The van der Waals surface area contributed by atoms with Gasteiger partial charge in [-0.15, -0.1) is 0 Å². The topological polar surface area (TPSA) is 124 Å². The Labute approximate surface area is 93.0 Å². The van der Waals surface area contributed by atoms with Gasteiger partial charge >= 0.3 is 10.2 Å². The van der Waals surface area contributed by atoms with Gasteiger partial charge in [0, 0.05) is 13.1 Å². The van der Waals surface area contributed by atoms with E-state index >= 15 is 0 Å². The summed E-state index contributed by atoms with van der Waals surface area (Å²) in [5.41, 5.74) is 0. The largest absolute Gasteiger partial charge is 0.544 e. The molecular formula is C7H14N2O6S. The van der Waals surface area contributed by atoms with E-state index in [-0.39, 0.29) is 26.3 Å². The molecule has 1 heterocycles. The minimum absolute atomic E-state index is 0.185. The van der Waals surface area contributed by atoms with Crippen molar-refractivity contribution in [1.82, 2.24) is 4.31 Å². The monoisotopic (exact) mass is 254 g/mol. The Kier molecular flexibility index (Phi) is 4.62. The fraction of sp³-hybridized carbons (Fsp3) is 0.857. The molecule has 0 aliphatic carbocycles. The minimum Gasteiger partial charge on any atom is -0.544 e. The maximum Gasteiger partial charge on any atom is 0.370 e. The Bertz CT molecular complexity index is 337. The summed E-state index contributed by atoms with van der Waals surface area (Å²) in [5.74, 6) is -1.61. The summed E-state index contributed by atoms with van der Waals surface area (Å²) >= 11 is 0. The van der Waals surface area contributed by atoms with Crippen LogP contribution in [0.1, 0.15) is 0 Å². The summed E-state index contributed by atoms with van der Waals surface area (Å²) in [6.45, 7) is 0.129. The Hall–Kier alpha value is -0.740. The van der Waals surface area contributed by atoms with Crippen LogP contribution in [-0.2, 0) is 19.7 Å². The molecule has 1 atom stereocenters. The standard InChI is InChI=1S/C7H14N2O6S/c10-5-6(7(11)12)8-16(13,14)9-1-3-15-4-2-9/h6,8,10H,1-5H2,(H,11,12)/t6-/m0/s1. The van der Waals surface area contributed by atoms with Gasteiger partial charge in [0.1, 0.15) is 12.6 Å². The Morgan fingerprint density at radius 2 is 2.06 bits per heavy atom. The number of aliphatic hydroxyl groups excluding tert-OH is 1. The predicted molar refractivity (Wildman–Crippen MR) is 49.1 cm³/mol. The van der Waals surface area contributed by atoms with Gasteiger partial charge in [0.15, 0.2) is 6.04 Å². The minimum atomic E-state index is -3.79. The van der Waals surface area contributed by atoms with Crippen molar-refractivity contribution in [3.63, 3.8) is 0 Å². The molecule has 1 aliphatic rings. The molecule has 0 amide bonds. The first-order valence-electron chi connectivity index (χ1n) is 4.72. The van der Waals surface area contributed by atoms with Crippen molar-refractivity contribution in [3.8, 4) is 0 Å². The van der Waals surface area contributed by atoms with Crippen LogP contribution in [-0.4, -0.2) is 62.8 Å². The van der Waals surface area contributed by atoms with Gasteiger partial charge in [-0.3, -0.25) is 0 Å². The summed E-state index contributed by atoms with van der Waals surface area (Å²) in [7, 11) is -3.79. The molecule has 8 nitrogen and oxygen atoms in total. The fourth-order valence-electron chi connectivity index (χ4n) is 1.27. The number of aliphatic hydroxyl groups is 1. The van der Waals surface area contributed by atoms with E-state index in [2.05, 4.69) is 0 Å². The second kappa shape index (κ2) is 5.55. The highest BCUT2D eigenvalue weighted by atomic mass is 32.2. The first-order valence-corrected chi connectivity index (χ1v) is 6.22. The number of carboxylic acids is 1. The van der Waals surface area contributed by atoms with E-state index in [4.69, 9.17) is 9.84 Å². The molecule has 1 fully saturated rings. The van der Waals surface area contributed by atoms with Crippen LogP contribution in [0.3, 0.4) is 0 Å². The van der Waals surface area contributed by atoms with Gasteiger partial charge in [-0.2, -0.15) is 12.7 Å². The van der Waals surface area contributed by atoms with Crippen LogP contribution in [0, 0.1) is 0 Å². The SMILES string of the molecule is O=C([O-])[C@H](CO)[NH2+]S(=O)(=O)N1CCOCC1. The highest BCUT2D eigenvalue weighted by molar-refractivity contribution is 7.82. The number of carboxylic acid groups (broad SMARTS) is 1. The van der Waals surface area contributed by atoms with Crippen LogP contribution >= 0.6 is 0 Å². The zero-order valence-corrected chi connectivity index (χ0v) is 9.35. The Balaban J connectivity index is 2.65. The lowest BCUT2D eigenvalue weighted by Gasteiger charge is -2.25. The molecule has 0 saturated carbocycles. The summed E-state index contributed by atoms with van der Waals surface area (Å²) in [4.78, 5) is 10.5. The van der Waals surface area contributed by atoms with E-state index in [1.807, 2.05) is 0 Å². The first kappa shape index (κ1) is 13.3. The van der Waals surface area contributed by atoms with Gasteiger partial charge in [0.2, 0.25) is 0 Å². The van der Waals surface area contributed by atoms with Crippen molar-refractivity contribution in [1.29, 1.82) is 0 Å². The molecule has 0 bridgehead atoms. The number of hydrogen-bond acceptors (Lipinski definition) is 6. The summed E-state index contributed by atoms with van der Waals surface area (Å²) in [6, 6.07) is -1.51. The average molecular weight is 254 g/mol. The molecule has 94 valence electrons. The molecule has 9 heteroatoms. The van der Waals surface area contributed by atoms with Gasteiger partial charge in [-0.1, -0.05) is 0 Å². The van der Waals surface area contributed by atoms with E-state index in [0.717, 1.165) is 4.31 Å². The molecule has 0 aromatic carbocycles. The van der Waals surface area contributed by atoms with Gasteiger partial charge in [-0.25, -0.2) is 4.72 Å². The second-order valence-corrected chi connectivity index (χ2v) is 5.12. The molecule has 1 saturated heterocycles. The molecular weight excluding hydrogens is 240 g/mol. The number of carbonyl (C=O) groups excluding carboxylic acids is 1. The second-order valence-electron chi connectivity index (χ2n) is 3.30. The maximum atomic E-state index is 11.7. The van der Waals surface area contributed by atoms with Crippen molar-refractivity contribution in [2.24, 2.45) is 0 Å². The van der Waals surface area contributed by atoms with Crippen molar-refractivity contribution in [2.75, 3.05) is 32.9 Å². The number of aliphatic carboxylic acids is 1. The smallest absolute Gasteiger partial charge is 0.370 e. The predicted octanol–water partition coefficient (Wildman–Crippen LogP) is -4.76. The van der Waals surface area contributed by atoms with Crippen LogP contribution in [0.25, 0.3) is 0 Å². The van der Waals surface area contributed by atoms with Crippen LogP contribution in [0.15, 0.2) is 0 Å². The molecule has 0 spiro atoms. The highest BCUT2D eigenvalue weighted by Gasteiger charge is 2.30. The lowest BCUT2D eigenvalue weighted by atomic mass is 10.3. The number of rotatable bonds is 5. The third-order valence-electron chi connectivity index (χ3n) is 2.17. The molecule has 0 aromatic rings. The number of nitrogens with two attached hydrogens (primary N) is 1. The Morgan fingerprint density at radius 1 is 1.50 bits per heavy atom. The summed E-state index contributed by atoms with van der Waals surface area (Å²) < 4.78 is 30.0. The third-order valence-corrected chi connectivity index (χ3v) is 3.92. The molecule has 0 unspecified atom stereocenters. The van der Waals surface area contributed by atoms with Gasteiger partial charge in [-0.05, 0) is 0 Å². The lowest BCUT2D eigenvalue weighted by Crippen LogP contribution is -2.98. The normalized spacial score (nSPS) is 20.6. The van der Waals surface area contributed by atoms with Crippen molar-refractivity contribution < 1.29 is 32.9 Å². The summed E-state index contributed by atoms with van der Waals surface area (Å²) in [6.07, 6.45) is 0. The van der Waals surface area contributed by atoms with E-state index < -0.39 is 28.8 Å². The van der Waals surface area contributed by atoms with E-state index in [1.54, 1.807) is 0 Å². The molecule has 0 radical (unpaired) electrons. The third kappa shape index (κ3) is 3.39. The van der Waals surface area contributed by atoms with Crippen LogP contribution in [0.2, 0.25) is 0 Å². The number of nitrogens with zero attached hydrogens (tertiary/aromatic N) is 1. The fourth-order valence-corrected chi connectivity index (χ4v) is 2.71. The van der Waals surface area contributed by atoms with Gasteiger partial charge < -0.3 is 19.7 Å². The quantitative estimate of drug-likeness (QED) is 0.507. The van der Waals surface area contributed by atoms with Crippen LogP contribution in [0.4, 0.5) is 0 Å². The van der Waals surface area contributed by atoms with Crippen molar-refractivity contribution >= 4 is 16.2 Å². The number of quaternary nitrogens is 1. The maximum absolute atomic E-state index is 11.7. The van der Waals surface area contributed by atoms with Crippen molar-refractivity contribution in [2.45, 2.75) is 6.04 Å². The van der Waals surface area contributed by atoms with Crippen LogP contribution in [0.5, 0.6) is 0 Å². The molecule has 0 aromatic heterocycles. The molecule has 1 aliphatic heterocycles. The zero-order valence-electron chi connectivity index (χ0n) is 8.53. The summed E-state index contributed by atoms with van der Waals surface area (Å²) in [5, 5.41) is 19.2. The lowest BCUT2D eigenvalue weighted by molar-refractivity contribution is -0.547. The van der Waals surface area contributed by atoms with Gasteiger partial charge in [0.25, 0.3) is 0 Å². The zero-order chi connectivity index (χ0) is 12.2. The first-order chi connectivity index (χ1) is 7.47. The number of morpholine rings is 1. The highest BCUT2D eigenvalue weighted by Crippen LogP contribution is 1.99. The van der Waals surface area contributed by atoms with E-state index in [1.165, 1.54) is 0 Å². The Morgan fingerprint density at radius 3 is 2.50 bits per heavy atom. The average Bonchev–Trinajstić information content (AvgIpc) is 2.27. The number of carbonyl (C=O) groups is 1. The number of hydrogen-bond donors (Lipinski definition) is 2. The molecule has 1 rings (SSSR count). The molecule has 3 N–H and O–H groups in total. The van der Waals surface area contributed by atoms with Gasteiger partial charge in [0.05, 0.1) is 13.2 Å². The van der Waals surface area contributed by atoms with Crippen molar-refractivity contribution in [3.05, 3.63) is 0 Å².